The largest absolute Gasteiger partial charge is 0.315 e. The van der Waals surface area contributed by atoms with Gasteiger partial charge in [0.2, 0.25) is 0 Å². The van der Waals surface area contributed by atoms with E-state index in [1.165, 1.54) is 30.7 Å². The zero-order chi connectivity index (χ0) is 13.2. The Kier molecular flexibility index (Phi) is 4.28. The molecule has 0 spiro atoms. The van der Waals surface area contributed by atoms with E-state index in [-0.39, 0.29) is 10.8 Å². The smallest absolute Gasteiger partial charge is 0.159 e. The third-order valence-electron chi connectivity index (χ3n) is 3.76. The fraction of sp³-hybridized carbons (Fsp3) is 0.571. The first kappa shape index (κ1) is 13.8. The second kappa shape index (κ2) is 5.57. The summed E-state index contributed by atoms with van der Waals surface area (Å²) in [6.07, 6.45) is 3.14. The molecule has 1 aromatic rings. The molecule has 1 saturated heterocycles. The molecule has 1 heterocycles. The predicted octanol–water partition coefficient (Wildman–Crippen LogP) is 3.38. The van der Waals surface area contributed by atoms with Gasteiger partial charge < -0.3 is 5.32 Å². The van der Waals surface area contributed by atoms with Crippen molar-refractivity contribution >= 4 is 11.8 Å². The van der Waals surface area contributed by atoms with Crippen molar-refractivity contribution < 1.29 is 8.78 Å². The van der Waals surface area contributed by atoms with Crippen molar-refractivity contribution in [3.8, 4) is 0 Å². The molecule has 0 amide bonds. The number of halogens is 2. The van der Waals surface area contributed by atoms with E-state index in [4.69, 9.17) is 0 Å². The number of benzene rings is 1. The van der Waals surface area contributed by atoms with E-state index in [1.54, 1.807) is 6.07 Å². The molecule has 1 N–H and O–H groups in total. The molecule has 1 aliphatic heterocycles. The van der Waals surface area contributed by atoms with Crippen LogP contribution in [0, 0.1) is 11.6 Å². The molecule has 0 bridgehead atoms. The monoisotopic (exact) mass is 271 g/mol. The first-order valence-electron chi connectivity index (χ1n) is 6.30. The zero-order valence-corrected chi connectivity index (χ0v) is 11.6. The molecule has 18 heavy (non-hydrogen) atoms. The molecule has 1 aromatic carbocycles. The van der Waals surface area contributed by atoms with Crippen LogP contribution in [0.4, 0.5) is 8.78 Å². The molecule has 4 heteroatoms. The lowest BCUT2D eigenvalue weighted by molar-refractivity contribution is 0.422. The van der Waals surface area contributed by atoms with E-state index < -0.39 is 11.6 Å². The van der Waals surface area contributed by atoms with E-state index in [0.717, 1.165) is 12.0 Å². The van der Waals surface area contributed by atoms with Crippen LogP contribution in [0.2, 0.25) is 0 Å². The highest BCUT2D eigenvalue weighted by Crippen LogP contribution is 2.41. The highest BCUT2D eigenvalue weighted by Gasteiger charge is 2.36. The molecular formula is C14H19F2NS. The van der Waals surface area contributed by atoms with Crippen molar-refractivity contribution in [2.45, 2.75) is 37.0 Å². The van der Waals surface area contributed by atoms with E-state index in [1.807, 2.05) is 18.8 Å². The Morgan fingerprint density at radius 1 is 1.39 bits per heavy atom. The zero-order valence-electron chi connectivity index (χ0n) is 10.8. The van der Waals surface area contributed by atoms with Gasteiger partial charge in [0.1, 0.15) is 0 Å². The molecule has 100 valence electrons. The summed E-state index contributed by atoms with van der Waals surface area (Å²) in [6.45, 7) is 2.26. The molecular weight excluding hydrogens is 252 g/mol. The number of rotatable bonds is 4. The maximum Gasteiger partial charge on any atom is 0.159 e. The fourth-order valence-electron chi connectivity index (χ4n) is 2.60. The van der Waals surface area contributed by atoms with Crippen molar-refractivity contribution in [2.24, 2.45) is 0 Å². The van der Waals surface area contributed by atoms with Crippen LogP contribution >= 0.6 is 11.8 Å². The van der Waals surface area contributed by atoms with Crippen molar-refractivity contribution in [2.75, 3.05) is 12.8 Å². The molecule has 1 nitrogen and oxygen atoms in total. The van der Waals surface area contributed by atoms with Gasteiger partial charge in [-0.05, 0) is 56.7 Å². The Balaban J connectivity index is 2.12. The van der Waals surface area contributed by atoms with Gasteiger partial charge in [0.05, 0.1) is 0 Å². The minimum absolute atomic E-state index is 0.194. The predicted molar refractivity (Wildman–Crippen MR) is 73.0 cm³/mol. The van der Waals surface area contributed by atoms with Crippen LogP contribution < -0.4 is 5.32 Å². The number of thioether (sulfide) groups is 1. The van der Waals surface area contributed by atoms with Crippen molar-refractivity contribution in [1.29, 1.82) is 0 Å². The Morgan fingerprint density at radius 3 is 2.72 bits per heavy atom. The minimum Gasteiger partial charge on any atom is -0.315 e. The molecule has 0 radical (unpaired) electrons. The lowest BCUT2D eigenvalue weighted by Crippen LogP contribution is -2.45. The second-order valence-electron chi connectivity index (χ2n) is 5.06. The molecule has 0 aromatic heterocycles. The van der Waals surface area contributed by atoms with Gasteiger partial charge in [-0.3, -0.25) is 0 Å². The van der Waals surface area contributed by atoms with Gasteiger partial charge in [0.15, 0.2) is 11.6 Å². The van der Waals surface area contributed by atoms with Crippen molar-refractivity contribution in [3.05, 3.63) is 35.4 Å². The molecule has 0 aliphatic carbocycles. The van der Waals surface area contributed by atoms with Crippen molar-refractivity contribution in [3.63, 3.8) is 0 Å². The number of likely N-dealkylation sites (N-methyl/N-ethyl adjacent to an activating group) is 1. The van der Waals surface area contributed by atoms with E-state index in [0.29, 0.717) is 0 Å². The lowest BCUT2D eigenvalue weighted by Gasteiger charge is -2.33. The van der Waals surface area contributed by atoms with Crippen LogP contribution in [0.5, 0.6) is 0 Å². The van der Waals surface area contributed by atoms with Gasteiger partial charge in [-0.2, -0.15) is 11.8 Å². The lowest BCUT2D eigenvalue weighted by atomic mass is 9.91. The molecule has 2 atom stereocenters. The Morgan fingerprint density at radius 2 is 2.17 bits per heavy atom. The summed E-state index contributed by atoms with van der Waals surface area (Å²) >= 11 is 1.97. The molecule has 2 unspecified atom stereocenters. The second-order valence-corrected chi connectivity index (χ2v) is 6.69. The average molecular weight is 271 g/mol. The first-order chi connectivity index (χ1) is 8.55. The summed E-state index contributed by atoms with van der Waals surface area (Å²) in [6, 6.07) is 4.48. The third-order valence-corrected chi connectivity index (χ3v) is 5.40. The highest BCUT2D eigenvalue weighted by atomic mass is 32.2. The van der Waals surface area contributed by atoms with Crippen LogP contribution in [0.1, 0.15) is 25.3 Å². The minimum atomic E-state index is -0.777. The van der Waals surface area contributed by atoms with Gasteiger partial charge in [0.25, 0.3) is 0 Å². The Labute approximate surface area is 111 Å². The summed E-state index contributed by atoms with van der Waals surface area (Å²) in [4.78, 5) is 0. The average Bonchev–Trinajstić information content (AvgIpc) is 2.78. The van der Waals surface area contributed by atoms with Crippen LogP contribution in [0.25, 0.3) is 0 Å². The maximum atomic E-state index is 13.2. The van der Waals surface area contributed by atoms with E-state index in [9.17, 15) is 8.78 Å². The Hall–Kier alpha value is -0.610. The molecule has 0 saturated carbocycles. The third kappa shape index (κ3) is 2.86. The summed E-state index contributed by atoms with van der Waals surface area (Å²) < 4.78 is 26.3. The summed E-state index contributed by atoms with van der Waals surface area (Å²) in [5, 5.41) is 3.33. The maximum absolute atomic E-state index is 13.2. The molecule has 2 rings (SSSR count). The van der Waals surface area contributed by atoms with Gasteiger partial charge in [-0.25, -0.2) is 8.78 Å². The normalized spacial score (nSPS) is 25.3. The summed E-state index contributed by atoms with van der Waals surface area (Å²) in [5.41, 5.74) is 0.849. The number of nitrogens with one attached hydrogen (secondary N) is 1. The van der Waals surface area contributed by atoms with Crippen molar-refractivity contribution in [1.82, 2.24) is 5.32 Å². The topological polar surface area (TPSA) is 12.0 Å². The standard InChI is InChI=1S/C14H19F2NS/c1-14(6-3-7-18-14)13(17-2)9-10-4-5-11(15)12(16)8-10/h4-5,8,13,17H,3,6-7,9H2,1-2H3. The van der Waals surface area contributed by atoms with E-state index in [2.05, 4.69) is 12.2 Å². The van der Waals surface area contributed by atoms with Crippen LogP contribution in [-0.4, -0.2) is 23.6 Å². The molecule has 1 aliphatic rings. The van der Waals surface area contributed by atoms with Gasteiger partial charge in [-0.15, -0.1) is 0 Å². The fourth-order valence-corrected chi connectivity index (χ4v) is 4.05. The first-order valence-corrected chi connectivity index (χ1v) is 7.29. The quantitative estimate of drug-likeness (QED) is 0.901. The summed E-state index contributed by atoms with van der Waals surface area (Å²) in [7, 11) is 1.94. The van der Waals surface area contributed by atoms with Crippen LogP contribution in [0.3, 0.4) is 0 Å². The van der Waals surface area contributed by atoms with E-state index >= 15 is 0 Å². The van der Waals surface area contributed by atoms with Gasteiger partial charge in [-0.1, -0.05) is 6.07 Å². The van der Waals surface area contributed by atoms with Gasteiger partial charge >= 0.3 is 0 Å². The van der Waals surface area contributed by atoms with Gasteiger partial charge in [0, 0.05) is 10.8 Å². The number of hydrogen-bond donors (Lipinski definition) is 1. The van der Waals surface area contributed by atoms with Crippen LogP contribution in [-0.2, 0) is 6.42 Å². The SMILES string of the molecule is CNC(Cc1ccc(F)c(F)c1)C1(C)CCCS1. The Bertz CT molecular complexity index is 416. The highest BCUT2D eigenvalue weighted by molar-refractivity contribution is 8.00. The molecule has 1 fully saturated rings. The summed E-state index contributed by atoms with van der Waals surface area (Å²) in [5.74, 6) is -0.347. The number of hydrogen-bond acceptors (Lipinski definition) is 2. The van der Waals surface area contributed by atoms with Crippen LogP contribution in [0.15, 0.2) is 18.2 Å².